The molecule has 0 saturated heterocycles. The summed E-state index contributed by atoms with van der Waals surface area (Å²) in [5.74, 6) is 0. The lowest BCUT2D eigenvalue weighted by Gasteiger charge is -1.95. The third-order valence-electron chi connectivity index (χ3n) is 1.71. The van der Waals surface area contributed by atoms with Crippen LogP contribution in [-0.4, -0.2) is 0 Å². The highest BCUT2D eigenvalue weighted by molar-refractivity contribution is 14.1. The predicted molar refractivity (Wildman–Crippen MR) is 56.7 cm³/mol. The van der Waals surface area contributed by atoms with Crippen molar-refractivity contribution in [3.05, 3.63) is 46.0 Å². The van der Waals surface area contributed by atoms with Gasteiger partial charge in [0.05, 0.1) is 0 Å². The van der Waals surface area contributed by atoms with E-state index in [4.69, 9.17) is 0 Å². The highest BCUT2D eigenvalue weighted by Crippen LogP contribution is 2.16. The molecule has 0 nitrogen and oxygen atoms in total. The maximum absolute atomic E-state index is 2.33. The molecule has 2 rings (SSSR count). The number of hydrogen-bond donors (Lipinski definition) is 0. The largest absolute Gasteiger partial charge is 0.0616 e. The number of benzene rings is 2. The fourth-order valence-electron chi connectivity index (χ4n) is 1.16. The van der Waals surface area contributed by atoms with Crippen molar-refractivity contribution >= 4 is 33.4 Å². The van der Waals surface area contributed by atoms with E-state index in [1.165, 1.54) is 14.3 Å². The summed E-state index contributed by atoms with van der Waals surface area (Å²) in [4.78, 5) is 0. The van der Waals surface area contributed by atoms with Crippen LogP contribution in [0.3, 0.4) is 0 Å². The molecule has 0 aromatic heterocycles. The van der Waals surface area contributed by atoms with E-state index in [1.54, 1.807) is 0 Å². The van der Waals surface area contributed by atoms with E-state index in [9.17, 15) is 0 Å². The molecule has 0 aliphatic heterocycles. The maximum atomic E-state index is 2.33. The Balaban J connectivity index is 2.83. The van der Waals surface area contributed by atoms with E-state index in [0.717, 1.165) is 0 Å². The Morgan fingerprint density at radius 3 is 2.36 bits per heavy atom. The van der Waals surface area contributed by atoms with Gasteiger partial charge < -0.3 is 0 Å². The number of halogens is 1. The molecule has 0 amide bonds. The Morgan fingerprint density at radius 1 is 0.818 bits per heavy atom. The van der Waals surface area contributed by atoms with Crippen LogP contribution in [0.4, 0.5) is 0 Å². The molecule has 0 radical (unpaired) electrons. The van der Waals surface area contributed by atoms with Gasteiger partial charge in [0.15, 0.2) is 0 Å². The highest BCUT2D eigenvalue weighted by atomic mass is 131. The highest BCUT2D eigenvalue weighted by Gasteiger charge is 1.90. The standard InChI is InChI=1S/C10H7I/c11-10-6-5-8-3-1-2-4-9(8)7-10/h1-7H/i11+4. The Labute approximate surface area is 79.4 Å². The summed E-state index contributed by atoms with van der Waals surface area (Å²) in [6.07, 6.45) is 0. The van der Waals surface area contributed by atoms with Gasteiger partial charge in [-0.05, 0) is 45.5 Å². The van der Waals surface area contributed by atoms with Crippen molar-refractivity contribution in [2.75, 3.05) is 0 Å². The molecular formula is C10H7I. The first-order valence-electron chi connectivity index (χ1n) is 3.50. The molecule has 0 bridgehead atoms. The van der Waals surface area contributed by atoms with E-state index in [0.29, 0.717) is 0 Å². The molecule has 0 N–H and O–H groups in total. The number of fused-ring (bicyclic) bond motifs is 1. The zero-order valence-electron chi connectivity index (χ0n) is 5.92. The molecule has 11 heavy (non-hydrogen) atoms. The van der Waals surface area contributed by atoms with Crippen molar-refractivity contribution < 1.29 is 0 Å². The van der Waals surface area contributed by atoms with Gasteiger partial charge in [0, 0.05) is 3.57 Å². The molecule has 0 heterocycles. The third-order valence-corrected chi connectivity index (χ3v) is 2.38. The number of rotatable bonds is 0. The summed E-state index contributed by atoms with van der Waals surface area (Å²) < 4.78 is 1.29. The summed E-state index contributed by atoms with van der Waals surface area (Å²) in [6.45, 7) is 0. The second kappa shape index (κ2) is 2.81. The lowest BCUT2D eigenvalue weighted by Crippen LogP contribution is -1.72. The van der Waals surface area contributed by atoms with Gasteiger partial charge in [0.2, 0.25) is 0 Å². The van der Waals surface area contributed by atoms with Crippen molar-refractivity contribution in [1.29, 1.82) is 0 Å². The van der Waals surface area contributed by atoms with Crippen molar-refractivity contribution in [2.24, 2.45) is 0 Å². The maximum Gasteiger partial charge on any atom is 0.0136 e. The summed E-state index contributed by atoms with van der Waals surface area (Å²) in [7, 11) is 0. The monoisotopic (exact) mass is 258 g/mol. The van der Waals surface area contributed by atoms with Crippen molar-refractivity contribution in [2.45, 2.75) is 0 Å². The molecule has 54 valence electrons. The minimum Gasteiger partial charge on any atom is -0.0616 e. The Kier molecular flexibility index (Phi) is 1.82. The molecule has 2 aromatic rings. The predicted octanol–water partition coefficient (Wildman–Crippen LogP) is 3.44. The van der Waals surface area contributed by atoms with Crippen LogP contribution in [0.25, 0.3) is 10.8 Å². The van der Waals surface area contributed by atoms with E-state index >= 15 is 0 Å². The van der Waals surface area contributed by atoms with Crippen LogP contribution in [0.1, 0.15) is 0 Å². The molecule has 0 aliphatic rings. The molecule has 2 aromatic carbocycles. The first-order valence-corrected chi connectivity index (χ1v) is 4.58. The molecular weight excluding hydrogens is 251 g/mol. The number of hydrogen-bond acceptors (Lipinski definition) is 0. The van der Waals surface area contributed by atoms with Gasteiger partial charge in [-0.15, -0.1) is 0 Å². The van der Waals surface area contributed by atoms with Gasteiger partial charge >= 0.3 is 0 Å². The van der Waals surface area contributed by atoms with Gasteiger partial charge in [0.1, 0.15) is 0 Å². The van der Waals surface area contributed by atoms with Gasteiger partial charge in [-0.3, -0.25) is 0 Å². The van der Waals surface area contributed by atoms with Gasteiger partial charge in [-0.1, -0.05) is 30.3 Å². The fraction of sp³-hybridized carbons (Fsp3) is 0. The smallest absolute Gasteiger partial charge is 0.0136 e. The van der Waals surface area contributed by atoms with Gasteiger partial charge in [-0.2, -0.15) is 0 Å². The van der Waals surface area contributed by atoms with Crippen LogP contribution in [0, 0.1) is 3.57 Å². The minimum absolute atomic E-state index is 1.29. The van der Waals surface area contributed by atoms with E-state index in [1.807, 2.05) is 0 Å². The first-order chi connectivity index (χ1) is 5.36. The molecule has 0 saturated carbocycles. The summed E-state index contributed by atoms with van der Waals surface area (Å²) >= 11 is 2.33. The summed E-state index contributed by atoms with van der Waals surface area (Å²) in [5, 5.41) is 2.63. The molecule has 0 fully saturated rings. The van der Waals surface area contributed by atoms with Crippen molar-refractivity contribution in [1.82, 2.24) is 0 Å². The van der Waals surface area contributed by atoms with Crippen LogP contribution in [0.5, 0.6) is 0 Å². The molecule has 0 aliphatic carbocycles. The Hall–Kier alpha value is -0.570. The van der Waals surface area contributed by atoms with Crippen LogP contribution in [0.15, 0.2) is 42.5 Å². The van der Waals surface area contributed by atoms with Crippen LogP contribution in [0.2, 0.25) is 0 Å². The lowest BCUT2D eigenvalue weighted by molar-refractivity contribution is 1.70. The van der Waals surface area contributed by atoms with Gasteiger partial charge in [0.25, 0.3) is 0 Å². The van der Waals surface area contributed by atoms with Crippen molar-refractivity contribution in [3.63, 3.8) is 0 Å². The van der Waals surface area contributed by atoms with Crippen LogP contribution < -0.4 is 0 Å². The average Bonchev–Trinajstić information content (AvgIpc) is 2.04. The minimum atomic E-state index is 1.29. The molecule has 0 unspecified atom stereocenters. The normalized spacial score (nSPS) is 10.3. The second-order valence-corrected chi connectivity index (χ2v) is 3.74. The Bertz CT molecular complexity index is 379. The molecule has 0 spiro atoms. The third kappa shape index (κ3) is 1.38. The van der Waals surface area contributed by atoms with Crippen LogP contribution in [-0.2, 0) is 0 Å². The zero-order chi connectivity index (χ0) is 7.68. The zero-order valence-corrected chi connectivity index (χ0v) is 8.08. The summed E-state index contributed by atoms with van der Waals surface area (Å²) in [6, 6.07) is 14.9. The lowest BCUT2D eigenvalue weighted by atomic mass is 10.1. The summed E-state index contributed by atoms with van der Waals surface area (Å²) in [5.41, 5.74) is 0. The average molecular weight is 258 g/mol. The second-order valence-electron chi connectivity index (χ2n) is 2.49. The fourth-order valence-corrected chi connectivity index (χ4v) is 1.68. The first kappa shape index (κ1) is 7.10. The van der Waals surface area contributed by atoms with Crippen molar-refractivity contribution in [3.8, 4) is 0 Å². The van der Waals surface area contributed by atoms with E-state index in [-0.39, 0.29) is 0 Å². The molecule has 0 atom stereocenters. The van der Waals surface area contributed by atoms with Crippen LogP contribution >= 0.6 is 22.6 Å². The Morgan fingerprint density at radius 2 is 1.55 bits per heavy atom. The SMILES string of the molecule is [131I]c1ccc2ccccc2c1. The van der Waals surface area contributed by atoms with E-state index < -0.39 is 0 Å². The molecule has 1 heteroatoms. The topological polar surface area (TPSA) is 0 Å². The van der Waals surface area contributed by atoms with Gasteiger partial charge in [-0.25, -0.2) is 0 Å². The van der Waals surface area contributed by atoms with E-state index in [2.05, 4.69) is 65.1 Å². The quantitative estimate of drug-likeness (QED) is 0.635.